The van der Waals surface area contributed by atoms with E-state index in [0.29, 0.717) is 10.9 Å². The van der Waals surface area contributed by atoms with Crippen molar-refractivity contribution >= 4 is 16.7 Å². The lowest BCUT2D eigenvalue weighted by Gasteiger charge is -2.36. The second-order valence-electron chi connectivity index (χ2n) is 5.88. The molecule has 8 N–H and O–H groups in total. The summed E-state index contributed by atoms with van der Waals surface area (Å²) in [6, 6.07) is 4.53. The van der Waals surface area contributed by atoms with Crippen molar-refractivity contribution in [3.63, 3.8) is 0 Å². The maximum Gasteiger partial charge on any atom is 0.336 e. The van der Waals surface area contributed by atoms with Crippen molar-refractivity contribution in [3.8, 4) is 0 Å². The van der Waals surface area contributed by atoms with Crippen molar-refractivity contribution in [2.45, 2.75) is 30.3 Å². The van der Waals surface area contributed by atoms with Crippen LogP contribution in [0.3, 0.4) is 0 Å². The highest BCUT2D eigenvalue weighted by Crippen LogP contribution is 2.49. The molecule has 11 heteroatoms. The van der Waals surface area contributed by atoms with Gasteiger partial charge in [0.05, 0.1) is 5.69 Å². The maximum absolute atomic E-state index is 11.5. The molecule has 1 aliphatic heterocycles. The number of aliphatic hydroxyl groups is 8. The van der Waals surface area contributed by atoms with Gasteiger partial charge in [0.1, 0.15) is 5.58 Å². The molecule has 11 nitrogen and oxygen atoms in total. The molecule has 1 aromatic heterocycles. The Labute approximate surface area is 138 Å². The highest BCUT2D eigenvalue weighted by Gasteiger charge is 2.83. The van der Waals surface area contributed by atoms with Crippen molar-refractivity contribution in [1.29, 1.82) is 0 Å². The SMILES string of the molecule is Cc1cc(=O)oc2cc(N3C(O)(O)C(O)(O)C(O)(O)C3(O)O)ccc12. The van der Waals surface area contributed by atoms with Crippen LogP contribution in [0, 0.1) is 6.92 Å². The summed E-state index contributed by atoms with van der Waals surface area (Å²) in [7, 11) is 0. The largest absolute Gasteiger partial charge is 0.423 e. The zero-order valence-corrected chi connectivity index (χ0v) is 12.7. The Morgan fingerprint density at radius 3 is 1.92 bits per heavy atom. The first-order valence-electron chi connectivity index (χ1n) is 6.89. The first-order valence-corrected chi connectivity index (χ1v) is 6.89. The number of hydrogen-bond donors (Lipinski definition) is 8. The van der Waals surface area contributed by atoms with Crippen LogP contribution in [0.5, 0.6) is 0 Å². The van der Waals surface area contributed by atoms with Crippen LogP contribution in [0.2, 0.25) is 0 Å². The predicted octanol–water partition coefficient (Wildman–Crippen LogP) is -3.44. The van der Waals surface area contributed by atoms with Gasteiger partial charge in [-0.15, -0.1) is 0 Å². The molecule has 0 unspecified atom stereocenters. The minimum atomic E-state index is -4.19. The Kier molecular flexibility index (Phi) is 3.37. The number of nitrogens with zero attached hydrogens (tertiary/aromatic N) is 1. The average Bonchev–Trinajstić information content (AvgIpc) is 2.51. The lowest BCUT2D eigenvalue weighted by molar-refractivity contribution is -0.452. The van der Waals surface area contributed by atoms with Crippen molar-refractivity contribution in [1.82, 2.24) is 0 Å². The van der Waals surface area contributed by atoms with Crippen molar-refractivity contribution in [3.05, 3.63) is 40.2 Å². The molecular weight excluding hydrogens is 342 g/mol. The number of hydrogen-bond acceptors (Lipinski definition) is 11. The molecule has 2 aromatic rings. The van der Waals surface area contributed by atoms with Crippen LogP contribution < -0.4 is 10.5 Å². The fourth-order valence-electron chi connectivity index (χ4n) is 2.81. The molecule has 0 aliphatic carbocycles. The number of fused-ring (bicyclic) bond motifs is 1. The van der Waals surface area contributed by atoms with Crippen molar-refractivity contribution in [2.24, 2.45) is 0 Å². The number of benzene rings is 1. The van der Waals surface area contributed by atoms with Crippen LogP contribution in [0.4, 0.5) is 5.69 Å². The van der Waals surface area contributed by atoms with Gasteiger partial charge in [-0.2, -0.15) is 0 Å². The van der Waals surface area contributed by atoms with Crippen LogP contribution in [0.15, 0.2) is 33.5 Å². The second-order valence-corrected chi connectivity index (χ2v) is 5.88. The molecule has 1 saturated heterocycles. The van der Waals surface area contributed by atoms with Gasteiger partial charge in [-0.3, -0.25) is 4.90 Å². The highest BCUT2D eigenvalue weighted by molar-refractivity contribution is 5.83. The number of aryl methyl sites for hydroxylation is 1. The van der Waals surface area contributed by atoms with Gasteiger partial charge in [-0.1, -0.05) is 0 Å². The Bertz CT molecular complexity index is 887. The summed E-state index contributed by atoms with van der Waals surface area (Å²) < 4.78 is 4.92. The Morgan fingerprint density at radius 1 is 0.880 bits per heavy atom. The molecule has 1 aliphatic rings. The summed E-state index contributed by atoms with van der Waals surface area (Å²) in [6.45, 7) is 1.60. The van der Waals surface area contributed by atoms with E-state index < -0.39 is 34.7 Å². The van der Waals surface area contributed by atoms with E-state index in [4.69, 9.17) is 4.42 Å². The van der Waals surface area contributed by atoms with E-state index in [1.54, 1.807) is 6.92 Å². The topological polar surface area (TPSA) is 195 Å². The van der Waals surface area contributed by atoms with E-state index in [1.165, 1.54) is 12.1 Å². The molecule has 1 aromatic carbocycles. The molecule has 0 bridgehead atoms. The van der Waals surface area contributed by atoms with Crippen LogP contribution in [0.25, 0.3) is 11.0 Å². The van der Waals surface area contributed by atoms with E-state index in [9.17, 15) is 45.6 Å². The van der Waals surface area contributed by atoms with Gasteiger partial charge in [-0.05, 0) is 24.6 Å². The zero-order valence-electron chi connectivity index (χ0n) is 12.7. The van der Waals surface area contributed by atoms with E-state index in [0.717, 1.165) is 12.1 Å². The van der Waals surface area contributed by atoms with Gasteiger partial charge in [0.15, 0.2) is 0 Å². The predicted molar refractivity (Wildman–Crippen MR) is 78.4 cm³/mol. The van der Waals surface area contributed by atoms with Crippen molar-refractivity contribution < 1.29 is 45.3 Å². The number of anilines is 1. The molecular formula is C14H15NO10. The summed E-state index contributed by atoms with van der Waals surface area (Å²) in [4.78, 5) is 11.2. The van der Waals surface area contributed by atoms with Gasteiger partial charge < -0.3 is 45.3 Å². The van der Waals surface area contributed by atoms with Crippen LogP contribution in [0.1, 0.15) is 5.56 Å². The Morgan fingerprint density at radius 2 is 1.40 bits per heavy atom. The molecule has 25 heavy (non-hydrogen) atoms. The molecule has 0 saturated carbocycles. The lowest BCUT2D eigenvalue weighted by Crippen LogP contribution is -2.66. The van der Waals surface area contributed by atoms with E-state index in [1.807, 2.05) is 0 Å². The quantitative estimate of drug-likeness (QED) is 0.187. The van der Waals surface area contributed by atoms with Crippen LogP contribution in [-0.4, -0.2) is 64.2 Å². The van der Waals surface area contributed by atoms with Crippen molar-refractivity contribution in [2.75, 3.05) is 4.90 Å². The third-order valence-corrected chi connectivity index (χ3v) is 4.24. The lowest BCUT2D eigenvalue weighted by atomic mass is 10.1. The van der Waals surface area contributed by atoms with Gasteiger partial charge in [-0.25, -0.2) is 4.79 Å². The average molecular weight is 357 g/mol. The molecule has 0 radical (unpaired) electrons. The van der Waals surface area contributed by atoms with E-state index in [-0.39, 0.29) is 10.5 Å². The molecule has 0 atom stereocenters. The smallest absolute Gasteiger partial charge is 0.336 e. The molecule has 136 valence electrons. The molecule has 0 amide bonds. The molecule has 1 fully saturated rings. The minimum Gasteiger partial charge on any atom is -0.423 e. The highest BCUT2D eigenvalue weighted by atomic mass is 16.7. The summed E-state index contributed by atoms with van der Waals surface area (Å²) in [5.74, 6) is -16.3. The Hall–Kier alpha value is -2.09. The summed E-state index contributed by atoms with van der Waals surface area (Å²) in [5, 5.41) is 78.7. The van der Waals surface area contributed by atoms with Gasteiger partial charge in [0, 0.05) is 17.5 Å². The normalized spacial score (nSPS) is 23.2. The van der Waals surface area contributed by atoms with E-state index >= 15 is 0 Å². The monoisotopic (exact) mass is 357 g/mol. The summed E-state index contributed by atoms with van der Waals surface area (Å²) in [6.07, 6.45) is 0. The minimum absolute atomic E-state index is 0.107. The zero-order chi connectivity index (χ0) is 19.0. The Balaban J connectivity index is 2.28. The fourth-order valence-corrected chi connectivity index (χ4v) is 2.81. The summed E-state index contributed by atoms with van der Waals surface area (Å²) >= 11 is 0. The van der Waals surface area contributed by atoms with Gasteiger partial charge in [0.2, 0.25) is 0 Å². The fraction of sp³-hybridized carbons (Fsp3) is 0.357. The third kappa shape index (κ3) is 2.00. The first kappa shape index (κ1) is 17.7. The van der Waals surface area contributed by atoms with E-state index in [2.05, 4.69) is 0 Å². The maximum atomic E-state index is 11.5. The summed E-state index contributed by atoms with van der Waals surface area (Å²) in [5.41, 5.74) is -0.868. The van der Waals surface area contributed by atoms with Crippen LogP contribution >= 0.6 is 0 Å². The molecule has 3 rings (SSSR count). The van der Waals surface area contributed by atoms with Gasteiger partial charge in [0.25, 0.3) is 0 Å². The van der Waals surface area contributed by atoms with Gasteiger partial charge >= 0.3 is 29.0 Å². The molecule has 0 spiro atoms. The number of rotatable bonds is 1. The second kappa shape index (κ2) is 4.75. The molecule has 2 heterocycles. The first-order chi connectivity index (χ1) is 11.2. The van der Waals surface area contributed by atoms with Crippen LogP contribution in [-0.2, 0) is 0 Å². The standard InChI is InChI=1S/C14H15NO10/c1-6-4-10(16)25-9-5-7(2-3-8(6)9)15-13(21,22)11(17,18)12(19,20)14(15,23)24/h2-5,17-24H,1H3. The third-order valence-electron chi connectivity index (χ3n) is 4.24.